The number of carboxylic acids is 1. The molecule has 0 bridgehead atoms. The number of halogens is 3. The van der Waals surface area contributed by atoms with Crippen LogP contribution in [-0.4, -0.2) is 22.6 Å². The van der Waals surface area contributed by atoms with Gasteiger partial charge < -0.3 is 14.6 Å². The molecule has 8 heteroatoms. The van der Waals surface area contributed by atoms with Gasteiger partial charge >= 0.3 is 18.1 Å². The number of carbonyl (C=O) groups excluding carboxylic acids is 1. The molecule has 0 atom stereocenters. The van der Waals surface area contributed by atoms with E-state index in [1.54, 1.807) is 45.0 Å². The molecule has 0 aliphatic heterocycles. The van der Waals surface area contributed by atoms with Crippen LogP contribution in [0.5, 0.6) is 5.75 Å². The Morgan fingerprint density at radius 1 is 0.857 bits per heavy atom. The lowest BCUT2D eigenvalue weighted by atomic mass is 10.0. The number of hydrogen-bond donors (Lipinski definition) is 1. The number of rotatable bonds is 7. The molecule has 0 aliphatic carbocycles. The van der Waals surface area contributed by atoms with E-state index in [1.165, 1.54) is 6.07 Å². The number of aliphatic carboxylic acids is 1. The summed E-state index contributed by atoms with van der Waals surface area (Å²) in [6.07, 6.45) is -4.65. The number of hydrogen-bond acceptors (Lipinski definition) is 4. The van der Waals surface area contributed by atoms with Gasteiger partial charge in [-0.3, -0.25) is 4.79 Å². The first-order chi connectivity index (χ1) is 16.3. The SMILES string of the molecule is CC(C)(C)OC(=O)c1cc(C(F)(F)F)ccc1COc1ccc(-c2ccc(CC(=O)O)cc2)cc1. The van der Waals surface area contributed by atoms with Gasteiger partial charge in [0.2, 0.25) is 0 Å². The lowest BCUT2D eigenvalue weighted by Crippen LogP contribution is -2.25. The summed E-state index contributed by atoms with van der Waals surface area (Å²) in [5, 5.41) is 8.87. The molecular formula is C27H25F3O5. The monoisotopic (exact) mass is 486 g/mol. The van der Waals surface area contributed by atoms with E-state index < -0.39 is 29.3 Å². The van der Waals surface area contributed by atoms with Crippen LogP contribution in [0.3, 0.4) is 0 Å². The van der Waals surface area contributed by atoms with E-state index in [0.29, 0.717) is 11.3 Å². The zero-order valence-corrected chi connectivity index (χ0v) is 19.5. The second kappa shape index (κ2) is 10.2. The van der Waals surface area contributed by atoms with Gasteiger partial charge in [0.1, 0.15) is 18.0 Å². The van der Waals surface area contributed by atoms with Crippen molar-refractivity contribution in [3.8, 4) is 16.9 Å². The quantitative estimate of drug-likeness (QED) is 0.384. The van der Waals surface area contributed by atoms with Gasteiger partial charge in [0.15, 0.2) is 0 Å². The molecule has 184 valence electrons. The van der Waals surface area contributed by atoms with Crippen molar-refractivity contribution < 1.29 is 37.3 Å². The molecule has 0 fully saturated rings. The summed E-state index contributed by atoms with van der Waals surface area (Å²) in [6, 6.07) is 17.1. The van der Waals surface area contributed by atoms with Crippen LogP contribution in [0, 0.1) is 0 Å². The maximum atomic E-state index is 13.2. The Morgan fingerprint density at radius 3 is 1.94 bits per heavy atom. The number of benzene rings is 3. The molecular weight excluding hydrogens is 461 g/mol. The largest absolute Gasteiger partial charge is 0.489 e. The van der Waals surface area contributed by atoms with Gasteiger partial charge in [0, 0.05) is 5.56 Å². The summed E-state index contributed by atoms with van der Waals surface area (Å²) in [6.45, 7) is 4.78. The Kier molecular flexibility index (Phi) is 7.53. The summed E-state index contributed by atoms with van der Waals surface area (Å²) in [4.78, 5) is 23.4. The first-order valence-electron chi connectivity index (χ1n) is 10.8. The molecule has 0 saturated heterocycles. The molecule has 3 aromatic carbocycles. The predicted molar refractivity (Wildman–Crippen MR) is 124 cm³/mol. The molecule has 0 spiro atoms. The van der Waals surface area contributed by atoms with Crippen LogP contribution >= 0.6 is 0 Å². The average molecular weight is 486 g/mol. The van der Waals surface area contributed by atoms with Crippen LogP contribution in [-0.2, 0) is 28.7 Å². The van der Waals surface area contributed by atoms with E-state index >= 15 is 0 Å². The smallest absolute Gasteiger partial charge is 0.416 e. The van der Waals surface area contributed by atoms with Crippen LogP contribution in [0.1, 0.15) is 47.8 Å². The van der Waals surface area contributed by atoms with Crippen molar-refractivity contribution in [3.05, 3.63) is 89.0 Å². The van der Waals surface area contributed by atoms with Crippen LogP contribution in [0.15, 0.2) is 66.7 Å². The lowest BCUT2D eigenvalue weighted by molar-refractivity contribution is -0.138. The highest BCUT2D eigenvalue weighted by molar-refractivity contribution is 5.91. The van der Waals surface area contributed by atoms with Gasteiger partial charge in [-0.2, -0.15) is 13.2 Å². The first-order valence-corrected chi connectivity index (χ1v) is 10.8. The predicted octanol–water partition coefficient (Wildman–Crippen LogP) is 6.53. The third-order valence-corrected chi connectivity index (χ3v) is 4.95. The second-order valence-corrected chi connectivity index (χ2v) is 8.95. The van der Waals surface area contributed by atoms with Crippen LogP contribution in [0.2, 0.25) is 0 Å². The van der Waals surface area contributed by atoms with Gasteiger partial charge in [-0.1, -0.05) is 42.5 Å². The second-order valence-electron chi connectivity index (χ2n) is 8.95. The summed E-state index contributed by atoms with van der Waals surface area (Å²) >= 11 is 0. The normalized spacial score (nSPS) is 11.7. The van der Waals surface area contributed by atoms with Gasteiger partial charge in [-0.15, -0.1) is 0 Å². The number of ether oxygens (including phenoxy) is 2. The molecule has 0 saturated carbocycles. The van der Waals surface area contributed by atoms with Crippen LogP contribution < -0.4 is 4.74 Å². The third kappa shape index (κ3) is 7.34. The number of esters is 1. The molecule has 0 heterocycles. The van der Waals surface area contributed by atoms with Crippen LogP contribution in [0.4, 0.5) is 13.2 Å². The van der Waals surface area contributed by atoms with Gasteiger partial charge in [0.05, 0.1) is 17.5 Å². The fourth-order valence-corrected chi connectivity index (χ4v) is 3.30. The van der Waals surface area contributed by atoms with E-state index in [-0.39, 0.29) is 24.2 Å². The van der Waals surface area contributed by atoms with Gasteiger partial charge in [-0.25, -0.2) is 4.79 Å². The summed E-state index contributed by atoms with van der Waals surface area (Å²) < 4.78 is 50.6. The molecule has 3 aromatic rings. The van der Waals surface area contributed by atoms with Gasteiger partial charge in [0.25, 0.3) is 0 Å². The van der Waals surface area contributed by atoms with Crippen LogP contribution in [0.25, 0.3) is 11.1 Å². The fraction of sp³-hybridized carbons (Fsp3) is 0.259. The standard InChI is InChI=1S/C27H25F3O5/c1-26(2,3)35-25(33)23-15-21(27(28,29)30)11-8-20(23)16-34-22-12-9-19(10-13-22)18-6-4-17(5-7-18)14-24(31)32/h4-13,15H,14,16H2,1-3H3,(H,31,32). The highest BCUT2D eigenvalue weighted by atomic mass is 19.4. The molecule has 1 N–H and O–H groups in total. The Morgan fingerprint density at radius 2 is 1.43 bits per heavy atom. The molecule has 0 amide bonds. The van der Waals surface area contributed by atoms with Crippen molar-refractivity contribution in [1.82, 2.24) is 0 Å². The molecule has 3 rings (SSSR count). The Bertz CT molecular complexity index is 1190. The van der Waals surface area contributed by atoms with Crippen molar-refractivity contribution in [1.29, 1.82) is 0 Å². The maximum Gasteiger partial charge on any atom is 0.416 e. The third-order valence-electron chi connectivity index (χ3n) is 4.95. The Labute approximate surface area is 201 Å². The molecule has 0 radical (unpaired) electrons. The zero-order chi connectivity index (χ0) is 25.8. The number of alkyl halides is 3. The van der Waals surface area contributed by atoms with E-state index in [4.69, 9.17) is 14.6 Å². The highest BCUT2D eigenvalue weighted by Crippen LogP contribution is 2.32. The minimum atomic E-state index is -4.60. The molecule has 0 aromatic heterocycles. The van der Waals surface area contributed by atoms with Crippen molar-refractivity contribution in [3.63, 3.8) is 0 Å². The Hall–Kier alpha value is -3.81. The zero-order valence-electron chi connectivity index (χ0n) is 19.5. The minimum Gasteiger partial charge on any atom is -0.489 e. The minimum absolute atomic E-state index is 0.0533. The van der Waals surface area contributed by atoms with E-state index in [0.717, 1.165) is 23.3 Å². The van der Waals surface area contributed by atoms with Crippen molar-refractivity contribution in [2.75, 3.05) is 0 Å². The first kappa shape index (κ1) is 25.8. The number of carbonyl (C=O) groups is 2. The van der Waals surface area contributed by atoms with Crippen molar-refractivity contribution in [2.45, 2.75) is 45.6 Å². The summed E-state index contributed by atoms with van der Waals surface area (Å²) in [5.41, 5.74) is 0.715. The molecule has 5 nitrogen and oxygen atoms in total. The van der Waals surface area contributed by atoms with E-state index in [2.05, 4.69) is 0 Å². The van der Waals surface area contributed by atoms with Gasteiger partial charge in [-0.05, 0) is 61.7 Å². The fourth-order valence-electron chi connectivity index (χ4n) is 3.30. The Balaban J connectivity index is 1.76. The maximum absolute atomic E-state index is 13.2. The average Bonchev–Trinajstić information content (AvgIpc) is 2.76. The molecule has 35 heavy (non-hydrogen) atoms. The summed E-state index contributed by atoms with van der Waals surface area (Å²) in [7, 11) is 0. The van der Waals surface area contributed by atoms with Crippen molar-refractivity contribution in [2.24, 2.45) is 0 Å². The highest BCUT2D eigenvalue weighted by Gasteiger charge is 2.32. The van der Waals surface area contributed by atoms with E-state index in [9.17, 15) is 22.8 Å². The summed E-state index contributed by atoms with van der Waals surface area (Å²) in [5.74, 6) is -1.29. The lowest BCUT2D eigenvalue weighted by Gasteiger charge is -2.21. The molecule has 0 aliphatic rings. The van der Waals surface area contributed by atoms with E-state index in [1.807, 2.05) is 24.3 Å². The molecule has 0 unspecified atom stereocenters. The van der Waals surface area contributed by atoms with Crippen molar-refractivity contribution >= 4 is 11.9 Å². The number of carboxylic acid groups (broad SMARTS) is 1. The topological polar surface area (TPSA) is 72.8 Å².